The molecule has 3 N–H and O–H groups in total. The number of hydrogen-bond donors (Lipinski definition) is 3. The zero-order valence-corrected chi connectivity index (χ0v) is 49.1. The Kier molecular flexibility index (Phi) is 52.7. The van der Waals surface area contributed by atoms with Gasteiger partial charge in [-0.05, 0) is 57.8 Å². The van der Waals surface area contributed by atoms with Crippen molar-refractivity contribution in [3.05, 3.63) is 60.8 Å². The number of hydrogen-bond acceptors (Lipinski definition) is 5. The number of nitrogens with zero attached hydrogens (tertiary/aromatic N) is 1. The van der Waals surface area contributed by atoms with Crippen LogP contribution in [0.25, 0.3) is 0 Å². The third-order valence-corrected chi connectivity index (χ3v) is 14.8. The molecule has 1 amide bonds. The highest BCUT2D eigenvalue weighted by Crippen LogP contribution is 2.43. The van der Waals surface area contributed by atoms with Crippen molar-refractivity contribution in [2.75, 3.05) is 40.9 Å². The number of allylic oxidation sites excluding steroid dienone is 10. The Morgan fingerprint density at radius 1 is 0.486 bits per heavy atom. The van der Waals surface area contributed by atoms with Gasteiger partial charge in [-0.1, -0.05) is 280 Å². The molecule has 0 aliphatic heterocycles. The van der Waals surface area contributed by atoms with Gasteiger partial charge in [0.1, 0.15) is 13.2 Å². The van der Waals surface area contributed by atoms with Crippen molar-refractivity contribution in [3.8, 4) is 0 Å². The Labute approximate surface area is 447 Å². The van der Waals surface area contributed by atoms with Crippen LogP contribution in [0.5, 0.6) is 0 Å². The number of phosphoric acid groups is 1. The van der Waals surface area contributed by atoms with E-state index in [1.807, 2.05) is 21.1 Å². The van der Waals surface area contributed by atoms with E-state index in [4.69, 9.17) is 9.05 Å². The largest absolute Gasteiger partial charge is 0.472 e. The molecule has 0 spiro atoms. The number of carbonyl (C=O) groups is 1. The van der Waals surface area contributed by atoms with E-state index in [1.165, 1.54) is 186 Å². The maximum Gasteiger partial charge on any atom is 0.472 e. The van der Waals surface area contributed by atoms with Crippen LogP contribution in [0.3, 0.4) is 0 Å². The van der Waals surface area contributed by atoms with Crippen LogP contribution in [0.1, 0.15) is 284 Å². The standard InChI is InChI=1S/C63H119N2O6P/c1-6-8-10-12-14-16-18-19-20-21-22-23-24-25-26-27-28-29-30-31-32-33-34-35-36-37-38-39-40-41-42-43-44-45-47-49-51-53-55-57-63(67)64-61(60-71-72(68,69)70-59-58-65(3,4)5)62(66)56-54-52-50-48-46-17-15-13-11-9-7-2/h8,10,14,16,19-20,22-23,25-26,61-62,66H,6-7,9,11-13,15,17-18,21,24,27-60H2,1-5H3,(H-,64,67,68,69)/p+1/b10-8-,16-14-,20-19-,23-22-,26-25-. The van der Waals surface area contributed by atoms with E-state index in [9.17, 15) is 19.4 Å². The predicted molar refractivity (Wildman–Crippen MR) is 314 cm³/mol. The second-order valence-electron chi connectivity index (χ2n) is 22.1. The van der Waals surface area contributed by atoms with Gasteiger partial charge in [-0.15, -0.1) is 0 Å². The molecule has 0 fully saturated rings. The zero-order chi connectivity index (χ0) is 52.7. The number of nitrogens with one attached hydrogen (secondary N) is 1. The first kappa shape index (κ1) is 70.2. The Morgan fingerprint density at radius 2 is 0.833 bits per heavy atom. The topological polar surface area (TPSA) is 105 Å². The summed E-state index contributed by atoms with van der Waals surface area (Å²) in [5.41, 5.74) is 0. The molecule has 0 aromatic heterocycles. The molecule has 3 unspecified atom stereocenters. The van der Waals surface area contributed by atoms with Gasteiger partial charge < -0.3 is 19.8 Å². The van der Waals surface area contributed by atoms with Crippen LogP contribution in [-0.2, 0) is 18.4 Å². The van der Waals surface area contributed by atoms with Gasteiger partial charge >= 0.3 is 7.82 Å². The summed E-state index contributed by atoms with van der Waals surface area (Å²) in [5.74, 6) is -0.142. The van der Waals surface area contributed by atoms with Crippen molar-refractivity contribution in [2.24, 2.45) is 0 Å². The zero-order valence-electron chi connectivity index (χ0n) is 48.2. The van der Waals surface area contributed by atoms with Crippen molar-refractivity contribution in [2.45, 2.75) is 296 Å². The smallest absolute Gasteiger partial charge is 0.391 e. The maximum absolute atomic E-state index is 13.0. The second-order valence-corrected chi connectivity index (χ2v) is 23.5. The quantitative estimate of drug-likeness (QED) is 0.0243. The fraction of sp³-hybridized carbons (Fsp3) is 0.825. The number of amides is 1. The Balaban J connectivity index is 3.84. The van der Waals surface area contributed by atoms with Gasteiger partial charge in [-0.25, -0.2) is 4.57 Å². The SMILES string of the molecule is CC/C=C\C/C=C\C/C=C\C/C=C\C/C=C\CCCCCCCCCCCCCCCCCCCCCCCCCC(=O)NC(COP(=O)(O)OCC[N+](C)(C)C)C(O)CCCCCCCCCCCCC. The molecule has 0 rings (SSSR count). The number of quaternary nitrogens is 1. The number of rotatable bonds is 56. The van der Waals surface area contributed by atoms with E-state index in [0.29, 0.717) is 23.9 Å². The average molecular weight is 1030 g/mol. The minimum Gasteiger partial charge on any atom is -0.391 e. The monoisotopic (exact) mass is 1030 g/mol. The van der Waals surface area contributed by atoms with Crippen LogP contribution in [0, 0.1) is 0 Å². The molecule has 9 heteroatoms. The lowest BCUT2D eigenvalue weighted by molar-refractivity contribution is -0.870. The summed E-state index contributed by atoms with van der Waals surface area (Å²) in [6, 6.07) is -0.758. The normalized spacial score (nSPS) is 14.3. The molecule has 422 valence electrons. The highest BCUT2D eigenvalue weighted by Gasteiger charge is 2.28. The maximum atomic E-state index is 13.0. The first-order chi connectivity index (χ1) is 35.0. The van der Waals surface area contributed by atoms with Gasteiger partial charge in [-0.3, -0.25) is 13.8 Å². The predicted octanol–water partition coefficient (Wildman–Crippen LogP) is 18.9. The van der Waals surface area contributed by atoms with Crippen LogP contribution < -0.4 is 5.32 Å². The van der Waals surface area contributed by atoms with Crippen LogP contribution in [-0.4, -0.2) is 73.4 Å². The number of unbranched alkanes of at least 4 members (excludes halogenated alkanes) is 33. The van der Waals surface area contributed by atoms with Crippen molar-refractivity contribution in [1.29, 1.82) is 0 Å². The number of carbonyl (C=O) groups excluding carboxylic acids is 1. The van der Waals surface area contributed by atoms with E-state index >= 15 is 0 Å². The molecule has 3 atom stereocenters. The van der Waals surface area contributed by atoms with E-state index in [0.717, 1.165) is 70.6 Å². The molecule has 0 bridgehead atoms. The van der Waals surface area contributed by atoms with Crippen molar-refractivity contribution in [3.63, 3.8) is 0 Å². The van der Waals surface area contributed by atoms with Crippen molar-refractivity contribution >= 4 is 13.7 Å². The lowest BCUT2D eigenvalue weighted by Crippen LogP contribution is -2.46. The molecule has 0 aliphatic carbocycles. The van der Waals surface area contributed by atoms with Crippen LogP contribution in [0.15, 0.2) is 60.8 Å². The molecule has 0 aliphatic rings. The van der Waals surface area contributed by atoms with Gasteiger partial charge in [0, 0.05) is 6.42 Å². The molecule has 8 nitrogen and oxygen atoms in total. The fourth-order valence-corrected chi connectivity index (χ4v) is 9.75. The van der Waals surface area contributed by atoms with E-state index in [2.05, 4.69) is 79.9 Å². The average Bonchev–Trinajstić information content (AvgIpc) is 3.34. The van der Waals surface area contributed by atoms with Crippen LogP contribution in [0.4, 0.5) is 0 Å². The number of phosphoric ester groups is 1. The number of aliphatic hydroxyl groups excluding tert-OH is 1. The van der Waals surface area contributed by atoms with E-state index in [-0.39, 0.29) is 19.1 Å². The molecule has 0 saturated carbocycles. The fourth-order valence-electron chi connectivity index (χ4n) is 9.02. The molecule has 0 heterocycles. The van der Waals surface area contributed by atoms with Gasteiger partial charge in [0.05, 0.1) is 39.9 Å². The summed E-state index contributed by atoms with van der Waals surface area (Å²) in [7, 11) is 1.62. The highest BCUT2D eigenvalue weighted by atomic mass is 31.2. The van der Waals surface area contributed by atoms with Crippen LogP contribution in [0.2, 0.25) is 0 Å². The number of aliphatic hydroxyl groups is 1. The summed E-state index contributed by atoms with van der Waals surface area (Å²) in [4.78, 5) is 23.3. The third kappa shape index (κ3) is 55.9. The molecule has 0 saturated heterocycles. The summed E-state index contributed by atoms with van der Waals surface area (Å²) >= 11 is 0. The summed E-state index contributed by atoms with van der Waals surface area (Å²) in [5, 5.41) is 14.0. The summed E-state index contributed by atoms with van der Waals surface area (Å²) in [6.45, 7) is 4.78. The Hall–Kier alpha value is -1.80. The van der Waals surface area contributed by atoms with Gasteiger partial charge in [0.2, 0.25) is 5.91 Å². The lowest BCUT2D eigenvalue weighted by atomic mass is 10.0. The highest BCUT2D eigenvalue weighted by molar-refractivity contribution is 7.47. The van der Waals surface area contributed by atoms with E-state index in [1.54, 1.807) is 0 Å². The molecule has 0 radical (unpaired) electrons. The summed E-state index contributed by atoms with van der Waals surface area (Å²) in [6.07, 6.45) is 73.1. The first-order valence-corrected chi connectivity index (χ1v) is 32.1. The molecule has 0 aromatic rings. The number of likely N-dealkylation sites (N-methyl/N-ethyl adjacent to an activating group) is 1. The summed E-state index contributed by atoms with van der Waals surface area (Å²) < 4.78 is 23.7. The van der Waals surface area contributed by atoms with E-state index < -0.39 is 20.0 Å². The third-order valence-electron chi connectivity index (χ3n) is 13.8. The van der Waals surface area contributed by atoms with Gasteiger partial charge in [0.25, 0.3) is 0 Å². The first-order valence-electron chi connectivity index (χ1n) is 30.7. The lowest BCUT2D eigenvalue weighted by Gasteiger charge is -2.26. The second kappa shape index (κ2) is 54.0. The minimum absolute atomic E-state index is 0.0756. The molecular formula is C63H120N2O6P+. The van der Waals surface area contributed by atoms with Gasteiger partial charge in [-0.2, -0.15) is 0 Å². The molecule has 72 heavy (non-hydrogen) atoms. The van der Waals surface area contributed by atoms with Crippen molar-refractivity contribution < 1.29 is 32.9 Å². The van der Waals surface area contributed by atoms with Crippen molar-refractivity contribution in [1.82, 2.24) is 5.32 Å². The Morgan fingerprint density at radius 3 is 1.22 bits per heavy atom. The molecule has 0 aromatic carbocycles. The van der Waals surface area contributed by atoms with Gasteiger partial charge in [0.15, 0.2) is 0 Å². The molecular weight excluding hydrogens is 912 g/mol. The van der Waals surface area contributed by atoms with Crippen LogP contribution >= 0.6 is 7.82 Å². The Bertz CT molecular complexity index is 1360. The minimum atomic E-state index is -4.32.